The Kier molecular flexibility index (Phi) is 18.3. The van der Waals surface area contributed by atoms with Gasteiger partial charge in [0.2, 0.25) is 5.78 Å². The first-order chi connectivity index (χ1) is 31.9. The number of aromatic nitrogens is 2. The fourth-order valence-electron chi connectivity index (χ4n) is 8.50. The second-order valence-electron chi connectivity index (χ2n) is 16.4. The van der Waals surface area contributed by atoms with E-state index >= 15 is 4.79 Å². The molecule has 6 rings (SSSR count). The normalized spacial score (nSPS) is 28.1. The molecule has 10 atom stereocenters. The Hall–Kier alpha value is -3.33. The zero-order valence-corrected chi connectivity index (χ0v) is 43.7. The second kappa shape index (κ2) is 23.1. The van der Waals surface area contributed by atoms with E-state index in [2.05, 4.69) is 66.9 Å². The number of halogens is 1. The molecule has 3 aromatic rings. The molecule has 15 nitrogen and oxygen atoms in total. The summed E-state index contributed by atoms with van der Waals surface area (Å²) >= 11 is 14.5. The molecule has 2 saturated heterocycles. The van der Waals surface area contributed by atoms with E-state index in [1.165, 1.54) is 12.2 Å². The monoisotopic (exact) mass is 1110 g/mol. The van der Waals surface area contributed by atoms with Crippen LogP contribution in [0.3, 0.4) is 0 Å². The fraction of sp³-hybridized carbons (Fsp3) is 0.489. The van der Waals surface area contributed by atoms with Crippen LogP contribution in [-0.2, 0) is 62.7 Å². The molecular weight excluding hydrogens is 1050 g/mol. The van der Waals surface area contributed by atoms with Crippen molar-refractivity contribution in [3.8, 4) is 23.7 Å². The van der Waals surface area contributed by atoms with Crippen molar-refractivity contribution in [2.75, 3.05) is 39.1 Å². The van der Waals surface area contributed by atoms with Gasteiger partial charge in [-0.25, -0.2) is 4.79 Å². The number of Topliss-reactive ketones (excluding diaryl/α,β-unsaturated/α-hetero) is 2. The molecular formula is C47H55IN4O11S4. The summed E-state index contributed by atoms with van der Waals surface area (Å²) in [4.78, 5) is 50.1. The second-order valence-corrected chi connectivity index (χ2v) is 25.9. The first kappa shape index (κ1) is 53.0. The number of aliphatic hydroxyl groups excluding tert-OH is 2. The number of hydrogen-bond acceptors (Lipinski definition) is 16. The number of ether oxygens (including phenoxy) is 6. The topological polar surface area (TPSA) is 200 Å². The van der Waals surface area contributed by atoms with Crippen molar-refractivity contribution in [2.45, 2.75) is 107 Å². The third kappa shape index (κ3) is 11.8. The first-order valence-corrected chi connectivity index (χ1v) is 27.7. The number of methoxy groups -OCH3 is 2. The number of aromatic amines is 1. The van der Waals surface area contributed by atoms with Crippen LogP contribution < -0.4 is 10.6 Å². The summed E-state index contributed by atoms with van der Waals surface area (Å²) < 4.78 is 36.6. The average Bonchev–Trinajstić information content (AvgIpc) is 3.68. The van der Waals surface area contributed by atoms with Gasteiger partial charge in [-0.05, 0) is 101 Å². The summed E-state index contributed by atoms with van der Waals surface area (Å²) in [5.74, 6) is 10.5. The summed E-state index contributed by atoms with van der Waals surface area (Å²) in [5, 5.41) is 32.2. The molecule has 67 heavy (non-hydrogen) atoms. The van der Waals surface area contributed by atoms with Crippen LogP contribution in [0, 0.1) is 27.3 Å². The van der Waals surface area contributed by atoms with Crippen molar-refractivity contribution in [3.63, 3.8) is 0 Å². The van der Waals surface area contributed by atoms with E-state index in [0.29, 0.717) is 5.52 Å². The Morgan fingerprint density at radius 3 is 2.57 bits per heavy atom. The molecule has 5 N–H and O–H groups in total. The zero-order chi connectivity index (χ0) is 48.8. The number of fused-ring (bicyclic) bond motifs is 3. The fourth-order valence-corrected chi connectivity index (χ4v) is 11.1. The number of para-hydroxylation sites is 1. The highest BCUT2D eigenvalue weighted by molar-refractivity contribution is 14.1. The Bertz CT molecular complexity index is 2700. The van der Waals surface area contributed by atoms with E-state index < -0.39 is 79.1 Å². The molecule has 360 valence electrons. The Balaban J connectivity index is 1.52. The number of thioether (sulfide) groups is 1. The summed E-state index contributed by atoms with van der Waals surface area (Å²) in [6.07, 6.45) is -1.67. The summed E-state index contributed by atoms with van der Waals surface area (Å²) in [6.45, 7) is 7.52. The Morgan fingerprint density at radius 2 is 1.90 bits per heavy atom. The number of aliphatic hydroxyl groups is 2. The minimum Gasteiger partial charge on any atom is -0.453 e. The lowest BCUT2D eigenvalue weighted by atomic mass is 9.82. The SMILES string of the molecule is CC#C/C=C\C#C[C@H](OC1OC(C)C(SC)(C(=O)c2nccc3c2[nH]c2c(I)cccc23)C(O)C1OC1CC(OC)C(NC(C)C)CO1)C1=C(NC(=O)OC)C(=O)C[C@H](O)/C1=C/CS(C)(=S)=S. The number of rotatable bonds is 14. The number of amides is 1. The first-order valence-electron chi connectivity index (χ1n) is 21.4. The van der Waals surface area contributed by atoms with Gasteiger partial charge >= 0.3 is 6.09 Å². The highest BCUT2D eigenvalue weighted by atomic mass is 127. The number of benzene rings is 1. The summed E-state index contributed by atoms with van der Waals surface area (Å²) in [6, 6.07) is 7.62. The van der Waals surface area contributed by atoms with Gasteiger partial charge in [0.1, 0.15) is 28.8 Å². The van der Waals surface area contributed by atoms with E-state index in [1.54, 1.807) is 45.7 Å². The number of nitrogens with one attached hydrogen (secondary N) is 3. The predicted molar refractivity (Wildman–Crippen MR) is 274 cm³/mol. The lowest BCUT2D eigenvalue weighted by molar-refractivity contribution is -0.323. The predicted octanol–water partition coefficient (Wildman–Crippen LogP) is 4.77. The molecule has 1 aromatic carbocycles. The highest BCUT2D eigenvalue weighted by Gasteiger charge is 2.61. The maximum absolute atomic E-state index is 15.4. The minimum absolute atomic E-state index is 0.0205. The van der Waals surface area contributed by atoms with Gasteiger partial charge in [-0.15, -0.1) is 17.7 Å². The number of nitrogens with zero attached hydrogens (tertiary/aromatic N) is 1. The van der Waals surface area contributed by atoms with Crippen LogP contribution in [0.4, 0.5) is 4.79 Å². The smallest absolute Gasteiger partial charge is 0.411 e. The molecule has 2 fully saturated rings. The molecule has 8 unspecified atom stereocenters. The van der Waals surface area contributed by atoms with Gasteiger partial charge < -0.3 is 48.9 Å². The van der Waals surface area contributed by atoms with Crippen molar-refractivity contribution in [3.05, 3.63) is 74.8 Å². The van der Waals surface area contributed by atoms with Gasteiger partial charge in [-0.1, -0.05) is 57.0 Å². The van der Waals surface area contributed by atoms with Gasteiger partial charge in [0.15, 0.2) is 18.4 Å². The van der Waals surface area contributed by atoms with E-state index in [4.69, 9.17) is 50.8 Å². The number of hydrogen-bond donors (Lipinski definition) is 5. The molecule has 1 aliphatic carbocycles. The number of ketones is 2. The molecule has 1 amide bonds. The molecule has 0 bridgehead atoms. The molecule has 2 aromatic heterocycles. The highest BCUT2D eigenvalue weighted by Crippen LogP contribution is 2.46. The van der Waals surface area contributed by atoms with Gasteiger partial charge in [0, 0.05) is 57.9 Å². The molecule has 20 heteroatoms. The van der Waals surface area contributed by atoms with Crippen molar-refractivity contribution in [1.82, 2.24) is 20.6 Å². The zero-order valence-electron chi connectivity index (χ0n) is 38.2. The van der Waals surface area contributed by atoms with Crippen LogP contribution in [0.1, 0.15) is 51.0 Å². The van der Waals surface area contributed by atoms with E-state index in [-0.39, 0.29) is 59.5 Å². The van der Waals surface area contributed by atoms with Crippen LogP contribution in [0.15, 0.2) is 65.5 Å². The summed E-state index contributed by atoms with van der Waals surface area (Å²) in [7, 11) is 0.704. The van der Waals surface area contributed by atoms with Crippen LogP contribution in [0.2, 0.25) is 0 Å². The molecule has 0 radical (unpaired) electrons. The van der Waals surface area contributed by atoms with Crippen LogP contribution in [0.25, 0.3) is 21.8 Å². The van der Waals surface area contributed by atoms with Crippen molar-refractivity contribution in [2.24, 2.45) is 0 Å². The largest absolute Gasteiger partial charge is 0.453 e. The van der Waals surface area contributed by atoms with Crippen LogP contribution in [-0.4, -0.2) is 143 Å². The molecule has 3 aliphatic rings. The Morgan fingerprint density at radius 1 is 1.16 bits per heavy atom. The maximum atomic E-state index is 15.4. The Labute approximate surface area is 418 Å². The molecule has 0 spiro atoms. The number of pyridine rings is 1. The average molecular weight is 1110 g/mol. The quantitative estimate of drug-likeness (QED) is 0.0840. The number of carbonyl (C=O) groups excluding carboxylic acids is 3. The van der Waals surface area contributed by atoms with Crippen LogP contribution >= 0.6 is 34.4 Å². The molecule has 0 saturated carbocycles. The lowest BCUT2D eigenvalue weighted by Gasteiger charge is -2.51. The van der Waals surface area contributed by atoms with Crippen molar-refractivity contribution < 1.29 is 53.0 Å². The third-order valence-electron chi connectivity index (χ3n) is 11.6. The number of alkyl carbamates (subject to hydrolysis) is 1. The van der Waals surface area contributed by atoms with E-state index in [1.807, 2.05) is 38.1 Å². The number of H-pyrrole nitrogens is 1. The van der Waals surface area contributed by atoms with Gasteiger partial charge in [-0.2, -0.15) is 0 Å². The maximum Gasteiger partial charge on any atom is 0.411 e. The minimum atomic E-state index is -2.03. The standard InChI is InChI=1S/C47H55IN4O11S4/c1-9-10-11-12-13-17-34(37-29(19-21-67(8,64)65)32(53)22-33(54)40(37)52-46(57)59-6)62-45-42(63-36-23-35(58-5)31(24-60-36)50-25(2)3)44(56)47(66-7,26(4)61-45)43(55)41-39-28(18-20-49-41)27-15-14-16-30(48)38(27)51-39/h11-12,14-16,18-20,25-26,31-32,34-36,42,44-45,50-51,53,56H,21-24H2,1-8H3,(H,52,57)/b12-11-,29-19-/t26?,31?,32-,34-,35?,36?,42?,44?,45?,47?/m0/s1. The van der Waals surface area contributed by atoms with E-state index in [9.17, 15) is 19.8 Å². The molecule has 4 heterocycles. The van der Waals surface area contributed by atoms with Gasteiger partial charge in [-0.3, -0.25) is 19.9 Å². The van der Waals surface area contributed by atoms with Crippen molar-refractivity contribution in [1.29, 1.82) is 0 Å². The number of allylic oxidation sites excluding steroid dienone is 3. The summed E-state index contributed by atoms with van der Waals surface area (Å²) in [5.41, 5.74) is 1.31. The van der Waals surface area contributed by atoms with Crippen LogP contribution in [0.5, 0.6) is 0 Å². The lowest BCUT2D eigenvalue weighted by Crippen LogP contribution is -2.68. The van der Waals surface area contributed by atoms with Crippen molar-refractivity contribution >= 4 is 103 Å². The van der Waals surface area contributed by atoms with Gasteiger partial charge in [0.25, 0.3) is 0 Å². The third-order valence-corrected chi connectivity index (χ3v) is 15.5. The number of carbonyl (C=O) groups is 3. The van der Waals surface area contributed by atoms with Gasteiger partial charge in [0.05, 0.1) is 54.8 Å². The molecule has 2 aliphatic heterocycles. The van der Waals surface area contributed by atoms with E-state index in [0.717, 1.165) is 38.7 Å².